The van der Waals surface area contributed by atoms with Gasteiger partial charge in [-0.1, -0.05) is 6.07 Å². The summed E-state index contributed by atoms with van der Waals surface area (Å²) in [5.41, 5.74) is 3.87. The molecule has 0 aromatic carbocycles. The van der Waals surface area contributed by atoms with E-state index in [4.69, 9.17) is 4.74 Å². The van der Waals surface area contributed by atoms with Gasteiger partial charge in [0, 0.05) is 37.1 Å². The number of ether oxygens (including phenoxy) is 1. The highest BCUT2D eigenvalue weighted by molar-refractivity contribution is 7.09. The van der Waals surface area contributed by atoms with E-state index in [-0.39, 0.29) is 6.10 Å². The molecule has 0 aliphatic carbocycles. The van der Waals surface area contributed by atoms with Crippen molar-refractivity contribution in [1.29, 1.82) is 0 Å². The number of hydrogen-bond donors (Lipinski definition) is 0. The van der Waals surface area contributed by atoms with Gasteiger partial charge in [0.2, 0.25) is 0 Å². The highest BCUT2D eigenvalue weighted by atomic mass is 32.1. The van der Waals surface area contributed by atoms with E-state index in [2.05, 4.69) is 41.4 Å². The van der Waals surface area contributed by atoms with E-state index in [9.17, 15) is 0 Å². The molecule has 0 amide bonds. The van der Waals surface area contributed by atoms with Crippen LogP contribution < -0.4 is 0 Å². The van der Waals surface area contributed by atoms with Gasteiger partial charge in [0.25, 0.3) is 0 Å². The Hall–Kier alpha value is -1.17. The van der Waals surface area contributed by atoms with E-state index in [1.54, 1.807) is 0 Å². The fourth-order valence-corrected chi connectivity index (χ4v) is 3.58. The SMILES string of the molecule is CC(C)OCc1nn(C)c2c1CCN(Cc1cccs1)C2. The number of rotatable bonds is 5. The van der Waals surface area contributed by atoms with Gasteiger partial charge < -0.3 is 4.74 Å². The molecule has 0 fully saturated rings. The lowest BCUT2D eigenvalue weighted by atomic mass is 10.0. The lowest BCUT2D eigenvalue weighted by molar-refractivity contribution is 0.0627. The van der Waals surface area contributed by atoms with Crippen LogP contribution in [0.25, 0.3) is 0 Å². The van der Waals surface area contributed by atoms with Crippen molar-refractivity contribution in [3.63, 3.8) is 0 Å². The third kappa shape index (κ3) is 3.36. The van der Waals surface area contributed by atoms with E-state index >= 15 is 0 Å². The summed E-state index contributed by atoms with van der Waals surface area (Å²) < 4.78 is 7.77. The average Bonchev–Trinajstić information content (AvgIpc) is 3.06. The van der Waals surface area contributed by atoms with E-state index in [1.165, 1.54) is 16.1 Å². The zero-order valence-corrected chi connectivity index (χ0v) is 13.8. The van der Waals surface area contributed by atoms with Crippen LogP contribution in [0.3, 0.4) is 0 Å². The van der Waals surface area contributed by atoms with E-state index < -0.39 is 0 Å². The van der Waals surface area contributed by atoms with E-state index in [0.717, 1.165) is 31.7 Å². The van der Waals surface area contributed by atoms with Crippen LogP contribution in [0, 0.1) is 0 Å². The van der Waals surface area contributed by atoms with Gasteiger partial charge in [-0.25, -0.2) is 0 Å². The molecular formula is C16H23N3OS. The summed E-state index contributed by atoms with van der Waals surface area (Å²) in [6.07, 6.45) is 1.33. The first kappa shape index (κ1) is 14.8. The summed E-state index contributed by atoms with van der Waals surface area (Å²) >= 11 is 1.83. The Kier molecular flexibility index (Phi) is 4.42. The monoisotopic (exact) mass is 305 g/mol. The molecular weight excluding hydrogens is 282 g/mol. The number of aryl methyl sites for hydroxylation is 1. The molecule has 3 rings (SSSR count). The molecule has 2 aromatic heterocycles. The zero-order chi connectivity index (χ0) is 14.8. The Bertz CT molecular complexity index is 589. The summed E-state index contributed by atoms with van der Waals surface area (Å²) in [4.78, 5) is 3.94. The number of aromatic nitrogens is 2. The fraction of sp³-hybridized carbons (Fsp3) is 0.562. The highest BCUT2D eigenvalue weighted by Crippen LogP contribution is 2.24. The molecule has 3 heterocycles. The van der Waals surface area contributed by atoms with Crippen molar-refractivity contribution in [3.05, 3.63) is 39.3 Å². The Labute approximate surface area is 130 Å². The summed E-state index contributed by atoms with van der Waals surface area (Å²) in [5, 5.41) is 6.81. The minimum atomic E-state index is 0.251. The van der Waals surface area contributed by atoms with Crippen LogP contribution in [0.1, 0.15) is 35.7 Å². The van der Waals surface area contributed by atoms with Crippen LogP contribution in [-0.2, 0) is 37.9 Å². The molecule has 1 aliphatic rings. The Morgan fingerprint density at radius 2 is 2.29 bits per heavy atom. The van der Waals surface area contributed by atoms with Gasteiger partial charge in [-0.15, -0.1) is 11.3 Å². The Morgan fingerprint density at radius 1 is 1.43 bits per heavy atom. The first-order valence-corrected chi connectivity index (χ1v) is 8.41. The van der Waals surface area contributed by atoms with Gasteiger partial charge in [0.05, 0.1) is 24.1 Å². The largest absolute Gasteiger partial charge is 0.372 e. The van der Waals surface area contributed by atoms with Crippen molar-refractivity contribution < 1.29 is 4.74 Å². The molecule has 0 unspecified atom stereocenters. The second kappa shape index (κ2) is 6.30. The van der Waals surface area contributed by atoms with Gasteiger partial charge in [-0.05, 0) is 31.7 Å². The molecule has 0 bridgehead atoms. The molecule has 2 aromatic rings. The zero-order valence-electron chi connectivity index (χ0n) is 13.0. The van der Waals surface area contributed by atoms with Crippen LogP contribution in [0.2, 0.25) is 0 Å². The molecule has 0 radical (unpaired) electrons. The maximum atomic E-state index is 5.73. The summed E-state index contributed by atoms with van der Waals surface area (Å²) in [6, 6.07) is 4.34. The molecule has 0 spiro atoms. The van der Waals surface area contributed by atoms with Gasteiger partial charge in [0.1, 0.15) is 0 Å². The second-order valence-electron chi connectivity index (χ2n) is 5.90. The molecule has 0 saturated carbocycles. The van der Waals surface area contributed by atoms with Crippen LogP contribution >= 0.6 is 11.3 Å². The maximum Gasteiger partial charge on any atom is 0.0917 e. The lowest BCUT2D eigenvalue weighted by Gasteiger charge is -2.27. The van der Waals surface area contributed by atoms with Crippen molar-refractivity contribution in [3.8, 4) is 0 Å². The quantitative estimate of drug-likeness (QED) is 0.851. The number of hydrogen-bond acceptors (Lipinski definition) is 4. The fourth-order valence-electron chi connectivity index (χ4n) is 2.83. The van der Waals surface area contributed by atoms with Gasteiger partial charge in [0.15, 0.2) is 0 Å². The molecule has 4 nitrogen and oxygen atoms in total. The standard InChI is InChI=1S/C16H23N3OS/c1-12(2)20-11-15-14-6-7-19(9-13-5-4-8-21-13)10-16(14)18(3)17-15/h4-5,8,12H,6-7,9-11H2,1-3H3. The van der Waals surface area contributed by atoms with Crippen LogP contribution in [0.4, 0.5) is 0 Å². The third-order valence-electron chi connectivity index (χ3n) is 3.92. The highest BCUT2D eigenvalue weighted by Gasteiger charge is 2.24. The molecule has 0 atom stereocenters. The third-order valence-corrected chi connectivity index (χ3v) is 4.78. The van der Waals surface area contributed by atoms with Gasteiger partial charge in [-0.3, -0.25) is 9.58 Å². The molecule has 5 heteroatoms. The van der Waals surface area contributed by atoms with Crippen molar-refractivity contribution in [1.82, 2.24) is 14.7 Å². The van der Waals surface area contributed by atoms with E-state index in [1.807, 2.05) is 23.1 Å². The number of nitrogens with zero attached hydrogens (tertiary/aromatic N) is 3. The van der Waals surface area contributed by atoms with Gasteiger partial charge >= 0.3 is 0 Å². The normalized spacial score (nSPS) is 15.6. The van der Waals surface area contributed by atoms with Gasteiger partial charge in [-0.2, -0.15) is 5.10 Å². The minimum Gasteiger partial charge on any atom is -0.372 e. The van der Waals surface area contributed by atoms with Crippen LogP contribution in [0.5, 0.6) is 0 Å². The number of fused-ring (bicyclic) bond motifs is 1. The van der Waals surface area contributed by atoms with Crippen molar-refractivity contribution in [2.24, 2.45) is 7.05 Å². The first-order chi connectivity index (χ1) is 10.1. The molecule has 114 valence electrons. The van der Waals surface area contributed by atoms with Crippen molar-refractivity contribution in [2.45, 2.75) is 46.1 Å². The molecule has 1 aliphatic heterocycles. The predicted octanol–water partition coefficient (Wildman–Crippen LogP) is 2.96. The van der Waals surface area contributed by atoms with E-state index in [0.29, 0.717) is 6.61 Å². The molecule has 21 heavy (non-hydrogen) atoms. The second-order valence-corrected chi connectivity index (χ2v) is 6.93. The lowest BCUT2D eigenvalue weighted by Crippen LogP contribution is -2.30. The van der Waals surface area contributed by atoms with Crippen LogP contribution in [-0.4, -0.2) is 27.3 Å². The minimum absolute atomic E-state index is 0.251. The summed E-state index contributed by atoms with van der Waals surface area (Å²) in [6.45, 7) is 7.89. The smallest absolute Gasteiger partial charge is 0.0917 e. The summed E-state index contributed by atoms with van der Waals surface area (Å²) in [7, 11) is 2.05. The van der Waals surface area contributed by atoms with Crippen molar-refractivity contribution >= 4 is 11.3 Å². The van der Waals surface area contributed by atoms with Crippen molar-refractivity contribution in [2.75, 3.05) is 6.54 Å². The van der Waals surface area contributed by atoms with Crippen LogP contribution in [0.15, 0.2) is 17.5 Å². The average molecular weight is 305 g/mol. The molecule has 0 N–H and O–H groups in total. The topological polar surface area (TPSA) is 30.3 Å². The summed E-state index contributed by atoms with van der Waals surface area (Å²) in [5.74, 6) is 0. The maximum absolute atomic E-state index is 5.73. The Balaban J connectivity index is 1.71. The number of thiophene rings is 1. The predicted molar refractivity (Wildman–Crippen MR) is 85.3 cm³/mol. The first-order valence-electron chi connectivity index (χ1n) is 7.53. The Morgan fingerprint density at radius 3 is 3.00 bits per heavy atom. The molecule has 0 saturated heterocycles.